The lowest BCUT2D eigenvalue weighted by molar-refractivity contribution is -0.126. The number of carbonyl (C=O) groups excluding carboxylic acids is 2. The van der Waals surface area contributed by atoms with Crippen molar-refractivity contribution in [1.82, 2.24) is 4.90 Å². The fourth-order valence-electron chi connectivity index (χ4n) is 2.76. The molecule has 1 saturated heterocycles. The molecule has 3 aromatic rings. The van der Waals surface area contributed by atoms with E-state index in [0.717, 1.165) is 11.8 Å². The number of furan rings is 1. The second-order valence-corrected chi connectivity index (χ2v) is 7.90. The topological polar surface area (TPSA) is 92.8 Å². The van der Waals surface area contributed by atoms with E-state index < -0.39 is 11.5 Å². The fourth-order valence-corrected chi connectivity index (χ4v) is 3.97. The van der Waals surface area contributed by atoms with Crippen molar-refractivity contribution >= 4 is 62.8 Å². The van der Waals surface area contributed by atoms with Crippen molar-refractivity contribution in [3.8, 4) is 0 Å². The molecule has 0 radical (unpaired) electrons. The Labute approximate surface area is 180 Å². The Morgan fingerprint density at radius 3 is 2.87 bits per heavy atom. The summed E-state index contributed by atoms with van der Waals surface area (Å²) < 4.78 is 10.6. The second kappa shape index (κ2) is 8.52. The molecule has 7 nitrogen and oxygen atoms in total. The first kappa shape index (κ1) is 19.9. The number of fused-ring (bicyclic) bond motifs is 1. The van der Waals surface area contributed by atoms with Gasteiger partial charge in [0.2, 0.25) is 5.91 Å². The van der Waals surface area contributed by atoms with Gasteiger partial charge in [0, 0.05) is 17.1 Å². The average molecular weight is 438 g/mol. The molecule has 0 aliphatic carbocycles. The molecule has 0 saturated carbocycles. The summed E-state index contributed by atoms with van der Waals surface area (Å²) in [6.07, 6.45) is 6.61. The molecule has 2 aromatic heterocycles. The molecule has 1 fully saturated rings. The summed E-state index contributed by atoms with van der Waals surface area (Å²) in [5, 5.41) is 3.40. The van der Waals surface area contributed by atoms with Crippen molar-refractivity contribution < 1.29 is 18.4 Å². The summed E-state index contributed by atoms with van der Waals surface area (Å²) in [4.78, 5) is 37.9. The van der Waals surface area contributed by atoms with E-state index in [1.807, 2.05) is 0 Å². The SMILES string of the molecule is O=C(CN1C(=O)C(=CC=Cc2ccco2)SC1=S)Nc1ccc2oc(=O)ccc2c1. The van der Waals surface area contributed by atoms with E-state index in [1.54, 1.807) is 60.9 Å². The first-order chi connectivity index (χ1) is 14.5. The van der Waals surface area contributed by atoms with Crippen molar-refractivity contribution in [3.63, 3.8) is 0 Å². The van der Waals surface area contributed by atoms with E-state index in [4.69, 9.17) is 21.1 Å². The molecule has 1 aliphatic rings. The van der Waals surface area contributed by atoms with Gasteiger partial charge in [0.1, 0.15) is 22.2 Å². The largest absolute Gasteiger partial charge is 0.465 e. The van der Waals surface area contributed by atoms with Crippen LogP contribution in [0.1, 0.15) is 5.76 Å². The number of thioether (sulfide) groups is 1. The Hall–Kier alpha value is -3.43. The van der Waals surface area contributed by atoms with E-state index >= 15 is 0 Å². The molecule has 150 valence electrons. The second-order valence-electron chi connectivity index (χ2n) is 6.22. The van der Waals surface area contributed by atoms with Crippen molar-refractivity contribution in [1.29, 1.82) is 0 Å². The van der Waals surface area contributed by atoms with Crippen molar-refractivity contribution in [2.45, 2.75) is 0 Å². The van der Waals surface area contributed by atoms with Crippen LogP contribution in [0, 0.1) is 0 Å². The highest BCUT2D eigenvalue weighted by molar-refractivity contribution is 8.26. The lowest BCUT2D eigenvalue weighted by Gasteiger charge is -2.14. The van der Waals surface area contributed by atoms with Crippen molar-refractivity contribution in [2.24, 2.45) is 0 Å². The molecular weight excluding hydrogens is 424 g/mol. The maximum Gasteiger partial charge on any atom is 0.336 e. The predicted octanol–water partition coefficient (Wildman–Crippen LogP) is 3.78. The molecule has 0 bridgehead atoms. The van der Waals surface area contributed by atoms with E-state index in [-0.39, 0.29) is 12.5 Å². The number of carbonyl (C=O) groups is 2. The van der Waals surface area contributed by atoms with E-state index in [1.165, 1.54) is 11.0 Å². The minimum absolute atomic E-state index is 0.203. The summed E-state index contributed by atoms with van der Waals surface area (Å²) in [6, 6.07) is 11.4. The Kier molecular flexibility index (Phi) is 5.64. The Morgan fingerprint density at radius 2 is 2.07 bits per heavy atom. The monoisotopic (exact) mass is 438 g/mol. The highest BCUT2D eigenvalue weighted by Gasteiger charge is 2.33. The van der Waals surface area contributed by atoms with Crippen LogP contribution in [0.2, 0.25) is 0 Å². The molecule has 3 heterocycles. The van der Waals surface area contributed by atoms with Crippen LogP contribution in [-0.2, 0) is 9.59 Å². The third-order valence-corrected chi connectivity index (χ3v) is 5.53. The summed E-state index contributed by atoms with van der Waals surface area (Å²) in [7, 11) is 0. The van der Waals surface area contributed by atoms with Gasteiger partial charge >= 0.3 is 5.63 Å². The van der Waals surface area contributed by atoms with Gasteiger partial charge in [-0.15, -0.1) is 0 Å². The summed E-state index contributed by atoms with van der Waals surface area (Å²) in [6.45, 7) is -0.203. The number of rotatable bonds is 5. The van der Waals surface area contributed by atoms with Gasteiger partial charge in [-0.3, -0.25) is 14.5 Å². The molecule has 1 aromatic carbocycles. The van der Waals surface area contributed by atoms with E-state index in [0.29, 0.717) is 31.6 Å². The number of benzene rings is 1. The van der Waals surface area contributed by atoms with Crippen LogP contribution >= 0.6 is 24.0 Å². The Balaban J connectivity index is 1.41. The maximum absolute atomic E-state index is 12.6. The number of nitrogens with zero attached hydrogens (tertiary/aromatic N) is 1. The Morgan fingerprint density at radius 1 is 1.20 bits per heavy atom. The highest BCUT2D eigenvalue weighted by atomic mass is 32.2. The van der Waals surface area contributed by atoms with Crippen LogP contribution < -0.4 is 10.9 Å². The molecule has 9 heteroatoms. The lowest BCUT2D eigenvalue weighted by atomic mass is 10.2. The quantitative estimate of drug-likeness (QED) is 0.368. The van der Waals surface area contributed by atoms with Gasteiger partial charge in [-0.1, -0.05) is 30.1 Å². The van der Waals surface area contributed by atoms with Crippen LogP contribution in [0.3, 0.4) is 0 Å². The molecule has 30 heavy (non-hydrogen) atoms. The van der Waals surface area contributed by atoms with E-state index in [9.17, 15) is 14.4 Å². The molecule has 0 spiro atoms. The number of thiocarbonyl (C=S) groups is 1. The first-order valence-corrected chi connectivity index (χ1v) is 10.0. The van der Waals surface area contributed by atoms with Crippen LogP contribution in [0.5, 0.6) is 0 Å². The average Bonchev–Trinajstić information content (AvgIpc) is 3.32. The van der Waals surface area contributed by atoms with Gasteiger partial charge in [0.05, 0.1) is 11.2 Å². The first-order valence-electron chi connectivity index (χ1n) is 8.79. The van der Waals surface area contributed by atoms with Crippen molar-refractivity contribution in [3.05, 3.63) is 82.0 Å². The van der Waals surface area contributed by atoms with Gasteiger partial charge < -0.3 is 14.2 Å². The smallest absolute Gasteiger partial charge is 0.336 e. The molecule has 0 atom stereocenters. The van der Waals surface area contributed by atoms with Gasteiger partial charge in [0.15, 0.2) is 0 Å². The van der Waals surface area contributed by atoms with E-state index in [2.05, 4.69) is 5.32 Å². The molecular formula is C21H14N2O5S2. The zero-order chi connectivity index (χ0) is 21.1. The number of nitrogens with one attached hydrogen (secondary N) is 1. The summed E-state index contributed by atoms with van der Waals surface area (Å²) in [5.41, 5.74) is 0.495. The third kappa shape index (κ3) is 4.42. The normalized spacial score (nSPS) is 15.6. The molecule has 2 amide bonds. The van der Waals surface area contributed by atoms with Gasteiger partial charge in [-0.05, 0) is 48.6 Å². The minimum Gasteiger partial charge on any atom is -0.465 e. The third-order valence-electron chi connectivity index (χ3n) is 4.13. The number of amides is 2. The van der Waals surface area contributed by atoms with Crippen LogP contribution in [0.25, 0.3) is 17.0 Å². The molecule has 0 unspecified atom stereocenters. The molecule has 1 aliphatic heterocycles. The summed E-state index contributed by atoms with van der Waals surface area (Å²) in [5.74, 6) is -0.0595. The molecule has 1 N–H and O–H groups in total. The lowest BCUT2D eigenvalue weighted by Crippen LogP contribution is -2.36. The van der Waals surface area contributed by atoms with Crippen LogP contribution in [0.4, 0.5) is 5.69 Å². The van der Waals surface area contributed by atoms with Gasteiger partial charge in [-0.2, -0.15) is 0 Å². The zero-order valence-corrected chi connectivity index (χ0v) is 17.0. The standard InChI is InChI=1S/C21H14N2O5S2/c24-18(22-14-7-8-16-13(11-14)6-9-19(25)28-16)12-23-20(26)17(30-21(23)29)5-1-3-15-4-2-10-27-15/h1-11H,12H2,(H,22,24). The van der Waals surface area contributed by atoms with Gasteiger partial charge in [-0.25, -0.2) is 4.79 Å². The number of hydrogen-bond acceptors (Lipinski definition) is 7. The number of allylic oxidation sites excluding steroid dienone is 2. The maximum atomic E-state index is 12.6. The predicted molar refractivity (Wildman–Crippen MR) is 119 cm³/mol. The summed E-state index contributed by atoms with van der Waals surface area (Å²) >= 11 is 6.38. The fraction of sp³-hybridized carbons (Fsp3) is 0.0476. The number of anilines is 1. The highest BCUT2D eigenvalue weighted by Crippen LogP contribution is 2.31. The Bertz CT molecular complexity index is 1260. The van der Waals surface area contributed by atoms with Crippen LogP contribution in [-0.4, -0.2) is 27.6 Å². The van der Waals surface area contributed by atoms with Crippen molar-refractivity contribution in [2.75, 3.05) is 11.9 Å². The van der Waals surface area contributed by atoms with Crippen LogP contribution in [0.15, 0.2) is 79.4 Å². The molecule has 4 rings (SSSR count). The minimum atomic E-state index is -0.444. The number of hydrogen-bond donors (Lipinski definition) is 1. The van der Waals surface area contributed by atoms with Gasteiger partial charge in [0.25, 0.3) is 5.91 Å². The zero-order valence-electron chi connectivity index (χ0n) is 15.4.